The summed E-state index contributed by atoms with van der Waals surface area (Å²) in [6.07, 6.45) is 0.775. The van der Waals surface area contributed by atoms with Crippen molar-refractivity contribution in [2.75, 3.05) is 13.0 Å². The van der Waals surface area contributed by atoms with E-state index in [0.717, 1.165) is 6.23 Å². The fourth-order valence-electron chi connectivity index (χ4n) is 1.13. The van der Waals surface area contributed by atoms with E-state index < -0.39 is 0 Å². The average molecular weight is 240 g/mol. The number of ether oxygens (including phenoxy) is 1. The van der Waals surface area contributed by atoms with Gasteiger partial charge in [0.05, 0.1) is 15.1 Å². The number of hydrogen-bond acceptors (Lipinski definition) is 3. The fraction of sp³-hybridized carbons (Fsp3) is 0.500. The van der Waals surface area contributed by atoms with Gasteiger partial charge in [0.15, 0.2) is 6.79 Å². The van der Waals surface area contributed by atoms with Crippen molar-refractivity contribution < 1.29 is 14.5 Å². The zero-order valence-corrected chi connectivity index (χ0v) is 11.6. The van der Waals surface area contributed by atoms with Gasteiger partial charge in [0.25, 0.3) is 0 Å². The van der Waals surface area contributed by atoms with E-state index >= 15 is 0 Å². The predicted octanol–water partition coefficient (Wildman–Crippen LogP) is 1.16. The number of hydrogen-bond donors (Lipinski definition) is 0. The average Bonchev–Trinajstić information content (AvgIpc) is 2.23. The molecular weight excluding hydrogens is 220 g/mol. The highest BCUT2D eigenvalue weighted by molar-refractivity contribution is 6.53. The first-order valence-corrected chi connectivity index (χ1v) is 7.21. The van der Waals surface area contributed by atoms with Gasteiger partial charge in [0.2, 0.25) is 0 Å². The van der Waals surface area contributed by atoms with Crippen LogP contribution in [0.2, 0.25) is 0 Å². The van der Waals surface area contributed by atoms with Gasteiger partial charge in [0, 0.05) is 6.23 Å². The Kier molecular flexibility index (Phi) is 5.69. The van der Waals surface area contributed by atoms with Gasteiger partial charge in [-0.3, -0.25) is 0 Å². The van der Waals surface area contributed by atoms with Gasteiger partial charge >= 0.3 is 0 Å². The smallest absolute Gasteiger partial charge is 0.180 e. The van der Waals surface area contributed by atoms with Crippen LogP contribution < -0.4 is 5.19 Å². The Morgan fingerprint density at radius 2 is 1.81 bits per heavy atom. The van der Waals surface area contributed by atoms with Gasteiger partial charge in [-0.05, 0) is 20.8 Å². The molecule has 0 saturated carbocycles. The largest absolute Gasteiger partial charge is 0.356 e. The molecular formula is C12H20O3Si. The Balaban J connectivity index is 2.01. The molecule has 90 valence electrons. The third-order valence-electron chi connectivity index (χ3n) is 1.82. The molecule has 0 bridgehead atoms. The van der Waals surface area contributed by atoms with Gasteiger partial charge in [0.1, 0.15) is 0 Å². The lowest BCUT2D eigenvalue weighted by Crippen LogP contribution is -2.23. The Labute approximate surface area is 99.5 Å². The molecule has 0 radical (unpaired) electrons. The van der Waals surface area contributed by atoms with Crippen molar-refractivity contribution in [1.82, 2.24) is 0 Å². The lowest BCUT2D eigenvalue weighted by Gasteiger charge is -2.17. The maximum absolute atomic E-state index is 5.35. The molecule has 3 nitrogen and oxygen atoms in total. The summed E-state index contributed by atoms with van der Waals surface area (Å²) in [7, 11) is -0.331. The van der Waals surface area contributed by atoms with Crippen molar-refractivity contribution in [1.29, 1.82) is 0 Å². The summed E-state index contributed by atoms with van der Waals surface area (Å²) >= 11 is 0. The van der Waals surface area contributed by atoms with Crippen LogP contribution in [-0.4, -0.2) is 28.1 Å². The summed E-state index contributed by atoms with van der Waals surface area (Å²) in [5.74, 6) is 0. The van der Waals surface area contributed by atoms with Crippen molar-refractivity contribution in [3.63, 3.8) is 0 Å². The van der Waals surface area contributed by atoms with Crippen LogP contribution in [0.25, 0.3) is 0 Å². The normalized spacial score (nSPS) is 12.4. The lowest BCUT2D eigenvalue weighted by molar-refractivity contribution is -0.379. The van der Waals surface area contributed by atoms with Gasteiger partial charge in [-0.25, -0.2) is 9.78 Å². The van der Waals surface area contributed by atoms with Gasteiger partial charge in [-0.2, -0.15) is 0 Å². The zero-order chi connectivity index (χ0) is 11.9. The summed E-state index contributed by atoms with van der Waals surface area (Å²) in [5, 5.41) is 1.40. The van der Waals surface area contributed by atoms with Gasteiger partial charge < -0.3 is 4.74 Å². The Morgan fingerprint density at radius 3 is 2.44 bits per heavy atom. The molecule has 1 rings (SSSR count). The molecule has 0 heterocycles. The first-order valence-electron chi connectivity index (χ1n) is 5.50. The second kappa shape index (κ2) is 6.80. The van der Waals surface area contributed by atoms with Crippen LogP contribution in [0.1, 0.15) is 20.8 Å². The molecule has 0 spiro atoms. The monoisotopic (exact) mass is 240 g/mol. The molecule has 1 aromatic carbocycles. The minimum atomic E-state index is -0.331. The molecule has 0 saturated heterocycles. The second-order valence-corrected chi connectivity index (χ2v) is 6.30. The van der Waals surface area contributed by atoms with Gasteiger partial charge in [-0.15, -0.1) is 0 Å². The summed E-state index contributed by atoms with van der Waals surface area (Å²) in [6, 6.07) is 10.4. The standard InChI is InChI=1S/C12H20O3Si/c1-12(2,3)15-14-9-13-10-16-11-7-5-4-6-8-11/h4-8H,9-10,16H2,1-3H3. The van der Waals surface area contributed by atoms with Crippen LogP contribution in [0.5, 0.6) is 0 Å². The topological polar surface area (TPSA) is 27.7 Å². The maximum atomic E-state index is 5.35. The third-order valence-corrected chi connectivity index (χ3v) is 3.36. The van der Waals surface area contributed by atoms with E-state index in [1.54, 1.807) is 0 Å². The number of benzene rings is 1. The highest BCUT2D eigenvalue weighted by atomic mass is 28.2. The van der Waals surface area contributed by atoms with Crippen LogP contribution in [0.3, 0.4) is 0 Å². The predicted molar refractivity (Wildman–Crippen MR) is 67.4 cm³/mol. The lowest BCUT2D eigenvalue weighted by atomic mass is 10.2. The van der Waals surface area contributed by atoms with Crippen molar-refractivity contribution in [3.05, 3.63) is 30.3 Å². The van der Waals surface area contributed by atoms with E-state index in [1.807, 2.05) is 26.8 Å². The number of rotatable bonds is 6. The van der Waals surface area contributed by atoms with Gasteiger partial charge in [-0.1, -0.05) is 35.5 Å². The van der Waals surface area contributed by atoms with E-state index in [1.165, 1.54) is 5.19 Å². The molecule has 0 aromatic heterocycles. The fourth-order valence-corrected chi connectivity index (χ4v) is 2.23. The van der Waals surface area contributed by atoms with Crippen LogP contribution in [0.4, 0.5) is 0 Å². The zero-order valence-electron chi connectivity index (χ0n) is 10.2. The van der Waals surface area contributed by atoms with Crippen LogP contribution in [0, 0.1) is 0 Å². The molecule has 0 fully saturated rings. The molecule has 16 heavy (non-hydrogen) atoms. The third kappa shape index (κ3) is 6.74. The Bertz CT molecular complexity index is 282. The van der Waals surface area contributed by atoms with E-state index in [2.05, 4.69) is 24.3 Å². The van der Waals surface area contributed by atoms with E-state index in [4.69, 9.17) is 14.5 Å². The van der Waals surface area contributed by atoms with Crippen LogP contribution in [-0.2, 0) is 14.5 Å². The Hall–Kier alpha value is -0.683. The minimum Gasteiger partial charge on any atom is -0.356 e. The molecule has 0 aliphatic heterocycles. The first-order chi connectivity index (χ1) is 7.58. The molecule has 0 amide bonds. The molecule has 0 atom stereocenters. The van der Waals surface area contributed by atoms with E-state index in [-0.39, 0.29) is 21.9 Å². The highest BCUT2D eigenvalue weighted by Crippen LogP contribution is 2.06. The SMILES string of the molecule is CC(C)(C)OOCOC[SiH2]c1ccccc1. The molecule has 0 aliphatic rings. The van der Waals surface area contributed by atoms with Crippen LogP contribution >= 0.6 is 0 Å². The Morgan fingerprint density at radius 1 is 1.12 bits per heavy atom. The van der Waals surface area contributed by atoms with Crippen molar-refractivity contribution in [2.45, 2.75) is 26.4 Å². The summed E-state index contributed by atoms with van der Waals surface area (Å²) in [4.78, 5) is 10.0. The summed E-state index contributed by atoms with van der Waals surface area (Å²) in [6.45, 7) is 6.01. The molecule has 0 N–H and O–H groups in total. The molecule has 1 aromatic rings. The molecule has 0 aliphatic carbocycles. The highest BCUT2D eigenvalue weighted by Gasteiger charge is 2.10. The maximum Gasteiger partial charge on any atom is 0.180 e. The quantitative estimate of drug-likeness (QED) is 0.245. The van der Waals surface area contributed by atoms with Crippen LogP contribution in [0.15, 0.2) is 30.3 Å². The van der Waals surface area contributed by atoms with E-state index in [0.29, 0.717) is 0 Å². The second-order valence-electron chi connectivity index (χ2n) is 4.58. The van der Waals surface area contributed by atoms with Crippen molar-refractivity contribution in [2.24, 2.45) is 0 Å². The first kappa shape index (κ1) is 13.4. The van der Waals surface area contributed by atoms with Crippen molar-refractivity contribution in [3.8, 4) is 0 Å². The minimum absolute atomic E-state index is 0.205. The van der Waals surface area contributed by atoms with Crippen molar-refractivity contribution >= 4 is 14.7 Å². The van der Waals surface area contributed by atoms with E-state index in [9.17, 15) is 0 Å². The summed E-state index contributed by atoms with van der Waals surface area (Å²) in [5.41, 5.74) is -0.278. The molecule has 4 heteroatoms. The summed E-state index contributed by atoms with van der Waals surface area (Å²) < 4.78 is 5.35. The molecule has 0 unspecified atom stereocenters.